The highest BCUT2D eigenvalue weighted by molar-refractivity contribution is 5.86. The topological polar surface area (TPSA) is 90.0 Å². The normalized spacial score (nSPS) is 12.1. The maximum atomic E-state index is 13.2. The summed E-state index contributed by atoms with van der Waals surface area (Å²) in [7, 11) is 3.13. The summed E-state index contributed by atoms with van der Waals surface area (Å²) in [5.74, 6) is 1.02. The first-order valence-corrected chi connectivity index (χ1v) is 11.1. The van der Waals surface area contributed by atoms with E-state index in [1.165, 1.54) is 6.07 Å². The molecule has 0 spiro atoms. The van der Waals surface area contributed by atoms with Crippen molar-refractivity contribution in [3.8, 4) is 22.8 Å². The minimum absolute atomic E-state index is 0.0530. The Morgan fingerprint density at radius 1 is 0.944 bits per heavy atom. The van der Waals surface area contributed by atoms with E-state index in [-0.39, 0.29) is 24.3 Å². The summed E-state index contributed by atoms with van der Waals surface area (Å²) in [5, 5.41) is 7.18. The fraction of sp³-hybridized carbons (Fsp3) is 0.308. The number of ether oxygens (including phenoxy) is 2. The molecule has 3 aromatic heterocycles. The van der Waals surface area contributed by atoms with Crippen molar-refractivity contribution in [2.75, 3.05) is 14.2 Å². The molecule has 0 aliphatic heterocycles. The van der Waals surface area contributed by atoms with Crippen LogP contribution >= 0.6 is 0 Å². The summed E-state index contributed by atoms with van der Waals surface area (Å²) in [4.78, 5) is 21.5. The number of nitrogens with one attached hydrogen (secondary N) is 1. The molecule has 0 saturated carbocycles. The molecule has 3 heterocycles. The molecule has 0 atom stereocenters. The van der Waals surface area contributed by atoms with Crippen molar-refractivity contribution in [1.82, 2.24) is 20.2 Å². The molecule has 0 saturated heterocycles. The van der Waals surface area contributed by atoms with E-state index >= 15 is 0 Å². The molecule has 0 amide bonds. The van der Waals surface area contributed by atoms with E-state index in [1.54, 1.807) is 44.8 Å². The molecule has 1 aromatic carbocycles. The lowest BCUT2D eigenvalue weighted by molar-refractivity contribution is -0.181. The van der Waals surface area contributed by atoms with Gasteiger partial charge in [-0.05, 0) is 43.7 Å². The van der Waals surface area contributed by atoms with Gasteiger partial charge in [-0.1, -0.05) is 6.07 Å². The number of hydrogen-bond acceptors (Lipinski definition) is 6. The number of H-pyrrole nitrogens is 1. The Kier molecular flexibility index (Phi) is 6.71. The van der Waals surface area contributed by atoms with E-state index in [9.17, 15) is 18.0 Å². The summed E-state index contributed by atoms with van der Waals surface area (Å²) >= 11 is 0. The number of halogens is 3. The van der Waals surface area contributed by atoms with Gasteiger partial charge in [0, 0.05) is 47.9 Å². The number of fused-ring (bicyclic) bond motifs is 1. The van der Waals surface area contributed by atoms with Gasteiger partial charge in [0.1, 0.15) is 11.2 Å². The van der Waals surface area contributed by atoms with Crippen LogP contribution in [-0.2, 0) is 23.1 Å². The molecule has 0 unspecified atom stereocenters. The molecule has 0 fully saturated rings. The largest absolute Gasteiger partial charge is 0.493 e. The van der Waals surface area contributed by atoms with Gasteiger partial charge in [0.25, 0.3) is 0 Å². The molecule has 4 rings (SSSR count). The van der Waals surface area contributed by atoms with Crippen LogP contribution < -0.4 is 9.47 Å². The summed E-state index contributed by atoms with van der Waals surface area (Å²) in [6.07, 6.45) is -1.09. The molecule has 4 aromatic rings. The molecular formula is C26H25F3N4O3. The monoisotopic (exact) mass is 498 g/mol. The number of benzene rings is 1. The van der Waals surface area contributed by atoms with Gasteiger partial charge in [0.05, 0.1) is 31.1 Å². The van der Waals surface area contributed by atoms with Crippen molar-refractivity contribution < 1.29 is 27.4 Å². The van der Waals surface area contributed by atoms with Crippen molar-refractivity contribution in [3.63, 3.8) is 0 Å². The van der Waals surface area contributed by atoms with Crippen molar-refractivity contribution in [1.29, 1.82) is 0 Å². The van der Waals surface area contributed by atoms with Crippen LogP contribution in [0.25, 0.3) is 22.2 Å². The Bertz CT molecular complexity index is 1400. The highest BCUT2D eigenvalue weighted by Gasteiger charge is 2.50. The van der Waals surface area contributed by atoms with E-state index in [0.717, 1.165) is 30.3 Å². The fourth-order valence-corrected chi connectivity index (χ4v) is 3.72. The number of rotatable bonds is 8. The Hall–Kier alpha value is -3.95. The fourth-order valence-electron chi connectivity index (χ4n) is 3.72. The van der Waals surface area contributed by atoms with Gasteiger partial charge in [-0.25, -0.2) is 0 Å². The Labute approximate surface area is 205 Å². The van der Waals surface area contributed by atoms with E-state index in [0.29, 0.717) is 28.5 Å². The number of hydrogen-bond donors (Lipinski definition) is 1. The van der Waals surface area contributed by atoms with Gasteiger partial charge in [-0.15, -0.1) is 0 Å². The quantitative estimate of drug-likeness (QED) is 0.358. The maximum absolute atomic E-state index is 13.2. The molecule has 0 bridgehead atoms. The third kappa shape index (κ3) is 5.02. The summed E-state index contributed by atoms with van der Waals surface area (Å²) in [6, 6.07) is 10.5. The summed E-state index contributed by atoms with van der Waals surface area (Å²) in [6.45, 7) is 2.11. The van der Waals surface area contributed by atoms with Gasteiger partial charge in [-0.3, -0.25) is 19.9 Å². The Morgan fingerprint density at radius 3 is 2.31 bits per heavy atom. The van der Waals surface area contributed by atoms with Crippen LogP contribution in [0.3, 0.4) is 0 Å². The van der Waals surface area contributed by atoms with Gasteiger partial charge < -0.3 is 9.47 Å². The minimum atomic E-state index is -4.45. The highest BCUT2D eigenvalue weighted by Crippen LogP contribution is 2.39. The zero-order chi connectivity index (χ0) is 26.1. The number of pyridine rings is 2. The Balaban J connectivity index is 1.45. The zero-order valence-electron chi connectivity index (χ0n) is 20.2. The van der Waals surface area contributed by atoms with Crippen LogP contribution in [0.15, 0.2) is 48.8 Å². The number of aromatic nitrogens is 4. The first kappa shape index (κ1) is 25.2. The standard InChI is InChI=1S/C26H25F3N4O3/c1-25(2,26(27,28)29)24-11-18(32-33-24)10-19(34)7-15-5-6-20(30-13-15)17-8-16-9-22(35-3)23(36-4)12-21(16)31-14-17/h5-6,8-9,11-14H,7,10H2,1-4H3,(H,32,33). The van der Waals surface area contributed by atoms with Crippen molar-refractivity contribution >= 4 is 16.7 Å². The lowest BCUT2D eigenvalue weighted by atomic mass is 9.88. The lowest BCUT2D eigenvalue weighted by Gasteiger charge is -2.25. The second kappa shape index (κ2) is 9.60. The molecule has 7 nitrogen and oxygen atoms in total. The van der Waals surface area contributed by atoms with Gasteiger partial charge in [-0.2, -0.15) is 18.3 Å². The number of carbonyl (C=O) groups excluding carboxylic acids is 1. The molecule has 0 aliphatic rings. The molecule has 188 valence electrons. The number of aromatic amines is 1. The minimum Gasteiger partial charge on any atom is -0.493 e. The zero-order valence-corrected chi connectivity index (χ0v) is 20.2. The molecule has 10 heteroatoms. The van der Waals surface area contributed by atoms with Crippen LogP contribution in [0.2, 0.25) is 0 Å². The van der Waals surface area contributed by atoms with Crippen molar-refractivity contribution in [2.24, 2.45) is 0 Å². The van der Waals surface area contributed by atoms with Gasteiger partial charge in [0.2, 0.25) is 0 Å². The van der Waals surface area contributed by atoms with Crippen LogP contribution in [0.4, 0.5) is 13.2 Å². The van der Waals surface area contributed by atoms with Crippen LogP contribution in [0.5, 0.6) is 11.5 Å². The lowest BCUT2D eigenvalue weighted by Crippen LogP contribution is -2.36. The average Bonchev–Trinajstić information content (AvgIpc) is 3.31. The van der Waals surface area contributed by atoms with Gasteiger partial charge >= 0.3 is 6.18 Å². The third-order valence-electron chi connectivity index (χ3n) is 6.08. The molecule has 0 radical (unpaired) electrons. The first-order valence-electron chi connectivity index (χ1n) is 11.1. The second-order valence-corrected chi connectivity index (χ2v) is 8.97. The van der Waals surface area contributed by atoms with Gasteiger partial charge in [0.15, 0.2) is 11.5 Å². The smallest absolute Gasteiger partial charge is 0.399 e. The Morgan fingerprint density at radius 2 is 1.67 bits per heavy atom. The number of nitrogens with zero attached hydrogens (tertiary/aromatic N) is 3. The third-order valence-corrected chi connectivity index (χ3v) is 6.08. The molecule has 1 N–H and O–H groups in total. The number of carbonyl (C=O) groups is 1. The van der Waals surface area contributed by atoms with Crippen LogP contribution in [0, 0.1) is 0 Å². The van der Waals surface area contributed by atoms with E-state index in [1.807, 2.05) is 12.1 Å². The van der Waals surface area contributed by atoms with Crippen molar-refractivity contribution in [2.45, 2.75) is 38.3 Å². The maximum Gasteiger partial charge on any atom is 0.399 e. The van der Waals surface area contributed by atoms with Crippen molar-refractivity contribution in [3.05, 3.63) is 65.7 Å². The summed E-state index contributed by atoms with van der Waals surface area (Å²) < 4.78 is 50.4. The molecular weight excluding hydrogens is 473 g/mol. The summed E-state index contributed by atoms with van der Waals surface area (Å²) in [5.41, 5.74) is 1.00. The molecule has 0 aliphatic carbocycles. The number of ketones is 1. The number of methoxy groups -OCH3 is 2. The predicted octanol–water partition coefficient (Wildman–Crippen LogP) is 5.23. The predicted molar refractivity (Wildman–Crippen MR) is 128 cm³/mol. The van der Waals surface area contributed by atoms with Crippen LogP contribution in [-0.4, -0.2) is 46.3 Å². The molecule has 36 heavy (non-hydrogen) atoms. The number of alkyl halides is 3. The number of Topliss-reactive ketones (excluding diaryl/α,β-unsaturated/α-hetero) is 1. The van der Waals surface area contributed by atoms with E-state index in [4.69, 9.17) is 9.47 Å². The van der Waals surface area contributed by atoms with E-state index < -0.39 is 11.6 Å². The van der Waals surface area contributed by atoms with E-state index in [2.05, 4.69) is 20.2 Å². The van der Waals surface area contributed by atoms with Crippen LogP contribution in [0.1, 0.15) is 30.8 Å². The second-order valence-electron chi connectivity index (χ2n) is 8.97. The highest BCUT2D eigenvalue weighted by atomic mass is 19.4. The SMILES string of the molecule is COc1cc2cc(-c3ccc(CC(=O)Cc4cc(C(C)(C)C(F)(F)F)n[nH]4)cn3)cnc2cc1OC. The first-order chi connectivity index (χ1) is 17.0. The average molecular weight is 499 g/mol.